The Hall–Kier alpha value is -3.10. The summed E-state index contributed by atoms with van der Waals surface area (Å²) in [6.45, 7) is 6.20. The zero-order chi connectivity index (χ0) is 21.8. The standard InChI is InChI=1S/C23H27N3O5/c1-16-23(28)26(9-8-25-10-12-30-13-11-25)20-15-18(6-7-21(20)31-16)24-22(27)17-4-3-5-19(14-17)29-2/h3-7,14-16H,8-13H2,1-2H3,(H,24,27). The summed E-state index contributed by atoms with van der Waals surface area (Å²) in [7, 11) is 1.56. The number of carbonyl (C=O) groups is 2. The van der Waals surface area contributed by atoms with Gasteiger partial charge in [-0.2, -0.15) is 0 Å². The van der Waals surface area contributed by atoms with Crippen molar-refractivity contribution in [2.75, 3.05) is 56.7 Å². The van der Waals surface area contributed by atoms with Crippen molar-refractivity contribution in [2.24, 2.45) is 0 Å². The third-order valence-electron chi connectivity index (χ3n) is 5.50. The minimum absolute atomic E-state index is 0.0861. The normalized spacial score (nSPS) is 18.8. The van der Waals surface area contributed by atoms with Crippen molar-refractivity contribution in [3.63, 3.8) is 0 Å². The molecule has 31 heavy (non-hydrogen) atoms. The minimum atomic E-state index is -0.547. The Labute approximate surface area is 181 Å². The highest BCUT2D eigenvalue weighted by molar-refractivity contribution is 6.06. The van der Waals surface area contributed by atoms with Crippen LogP contribution in [0.3, 0.4) is 0 Å². The number of hydrogen-bond acceptors (Lipinski definition) is 6. The predicted molar refractivity (Wildman–Crippen MR) is 117 cm³/mol. The Bertz CT molecular complexity index is 958. The van der Waals surface area contributed by atoms with Crippen molar-refractivity contribution in [3.05, 3.63) is 48.0 Å². The van der Waals surface area contributed by atoms with Crippen LogP contribution in [0.2, 0.25) is 0 Å². The molecule has 164 valence electrons. The second kappa shape index (κ2) is 9.36. The molecular formula is C23H27N3O5. The van der Waals surface area contributed by atoms with Crippen molar-refractivity contribution in [1.29, 1.82) is 0 Å². The molecule has 2 aromatic rings. The molecule has 4 rings (SSSR count). The van der Waals surface area contributed by atoms with E-state index in [9.17, 15) is 9.59 Å². The smallest absolute Gasteiger partial charge is 0.267 e. The lowest BCUT2D eigenvalue weighted by Gasteiger charge is -2.35. The van der Waals surface area contributed by atoms with Crippen LogP contribution in [0.1, 0.15) is 17.3 Å². The maximum Gasteiger partial charge on any atom is 0.267 e. The number of fused-ring (bicyclic) bond motifs is 1. The topological polar surface area (TPSA) is 80.3 Å². The summed E-state index contributed by atoms with van der Waals surface area (Å²) < 4.78 is 16.4. The Balaban J connectivity index is 1.52. The summed E-state index contributed by atoms with van der Waals surface area (Å²) in [6.07, 6.45) is -0.547. The van der Waals surface area contributed by atoms with Crippen molar-refractivity contribution < 1.29 is 23.8 Å². The van der Waals surface area contributed by atoms with E-state index in [2.05, 4.69) is 10.2 Å². The first-order valence-electron chi connectivity index (χ1n) is 10.4. The van der Waals surface area contributed by atoms with Gasteiger partial charge in [0.25, 0.3) is 11.8 Å². The average molecular weight is 425 g/mol. The van der Waals surface area contributed by atoms with E-state index in [0.717, 1.165) is 19.6 Å². The number of hydrogen-bond donors (Lipinski definition) is 1. The fraction of sp³-hybridized carbons (Fsp3) is 0.391. The van der Waals surface area contributed by atoms with Gasteiger partial charge in [0.1, 0.15) is 11.5 Å². The summed E-state index contributed by atoms with van der Waals surface area (Å²) in [6, 6.07) is 12.3. The third kappa shape index (κ3) is 4.81. The fourth-order valence-electron chi connectivity index (χ4n) is 3.75. The zero-order valence-electron chi connectivity index (χ0n) is 17.8. The number of nitrogens with zero attached hydrogens (tertiary/aromatic N) is 2. The van der Waals surface area contributed by atoms with Gasteiger partial charge in [-0.05, 0) is 43.3 Å². The molecule has 0 spiro atoms. The van der Waals surface area contributed by atoms with Crippen LogP contribution in [0.4, 0.5) is 11.4 Å². The van der Waals surface area contributed by atoms with Gasteiger partial charge in [0.2, 0.25) is 0 Å². The molecule has 2 amide bonds. The van der Waals surface area contributed by atoms with Gasteiger partial charge < -0.3 is 24.4 Å². The van der Waals surface area contributed by atoms with Crippen LogP contribution in [0.5, 0.6) is 11.5 Å². The van der Waals surface area contributed by atoms with Gasteiger partial charge in [0, 0.05) is 37.4 Å². The van der Waals surface area contributed by atoms with Crippen LogP contribution in [0.25, 0.3) is 0 Å². The molecule has 0 aliphatic carbocycles. The summed E-state index contributed by atoms with van der Waals surface area (Å²) in [5.74, 6) is 0.904. The van der Waals surface area contributed by atoms with Crippen molar-refractivity contribution in [3.8, 4) is 11.5 Å². The number of amides is 2. The average Bonchev–Trinajstić information content (AvgIpc) is 2.80. The Morgan fingerprint density at radius 2 is 1.97 bits per heavy atom. The van der Waals surface area contributed by atoms with Crippen molar-refractivity contribution in [2.45, 2.75) is 13.0 Å². The molecule has 1 unspecified atom stereocenters. The first-order chi connectivity index (χ1) is 15.0. The summed E-state index contributed by atoms with van der Waals surface area (Å²) in [4.78, 5) is 29.6. The maximum absolute atomic E-state index is 12.8. The van der Waals surface area contributed by atoms with E-state index >= 15 is 0 Å². The first kappa shape index (κ1) is 21.1. The zero-order valence-corrected chi connectivity index (χ0v) is 17.8. The monoisotopic (exact) mass is 425 g/mol. The quantitative estimate of drug-likeness (QED) is 0.766. The fourth-order valence-corrected chi connectivity index (χ4v) is 3.75. The number of morpholine rings is 1. The van der Waals surface area contributed by atoms with Crippen LogP contribution in [-0.2, 0) is 9.53 Å². The molecule has 8 nitrogen and oxygen atoms in total. The molecular weight excluding hydrogens is 398 g/mol. The van der Waals surface area contributed by atoms with Crippen molar-refractivity contribution >= 4 is 23.2 Å². The largest absolute Gasteiger partial charge is 0.497 e. The van der Waals surface area contributed by atoms with Gasteiger partial charge in [0.05, 0.1) is 26.0 Å². The molecule has 0 radical (unpaired) electrons. The number of anilines is 2. The highest BCUT2D eigenvalue weighted by Gasteiger charge is 2.32. The Morgan fingerprint density at radius 3 is 2.74 bits per heavy atom. The molecule has 1 fully saturated rings. The molecule has 2 aliphatic heterocycles. The molecule has 1 N–H and O–H groups in total. The van der Waals surface area contributed by atoms with E-state index in [1.54, 1.807) is 61.4 Å². The van der Waals surface area contributed by atoms with Gasteiger partial charge in [-0.25, -0.2) is 0 Å². The third-order valence-corrected chi connectivity index (χ3v) is 5.50. The molecule has 8 heteroatoms. The Kier molecular flexibility index (Phi) is 6.39. The van der Waals surface area contributed by atoms with E-state index in [1.807, 2.05) is 0 Å². The molecule has 2 aliphatic rings. The van der Waals surface area contributed by atoms with Gasteiger partial charge in [-0.15, -0.1) is 0 Å². The van der Waals surface area contributed by atoms with Gasteiger partial charge in [-0.3, -0.25) is 14.5 Å². The maximum atomic E-state index is 12.8. The molecule has 0 bridgehead atoms. The van der Waals surface area contributed by atoms with Crippen LogP contribution in [0.15, 0.2) is 42.5 Å². The highest BCUT2D eigenvalue weighted by Crippen LogP contribution is 2.36. The van der Waals surface area contributed by atoms with Gasteiger partial charge >= 0.3 is 0 Å². The molecule has 0 saturated carbocycles. The van der Waals surface area contributed by atoms with Crippen molar-refractivity contribution in [1.82, 2.24) is 4.90 Å². The SMILES string of the molecule is COc1cccc(C(=O)Nc2ccc3c(c2)N(CCN2CCOCC2)C(=O)C(C)O3)c1. The van der Waals surface area contributed by atoms with E-state index < -0.39 is 6.10 Å². The number of benzene rings is 2. The summed E-state index contributed by atoms with van der Waals surface area (Å²) in [5, 5.41) is 2.90. The number of carbonyl (C=O) groups excluding carboxylic acids is 2. The van der Waals surface area contributed by atoms with Crippen LogP contribution in [-0.4, -0.2) is 69.3 Å². The molecule has 1 atom stereocenters. The molecule has 0 aromatic heterocycles. The minimum Gasteiger partial charge on any atom is -0.497 e. The van der Waals surface area contributed by atoms with Gasteiger partial charge in [0.15, 0.2) is 6.10 Å². The second-order valence-electron chi connectivity index (χ2n) is 7.57. The number of ether oxygens (including phenoxy) is 3. The Morgan fingerprint density at radius 1 is 1.16 bits per heavy atom. The lowest BCUT2D eigenvalue weighted by atomic mass is 10.1. The van der Waals surface area contributed by atoms with Crippen LogP contribution >= 0.6 is 0 Å². The van der Waals surface area contributed by atoms with Gasteiger partial charge in [-0.1, -0.05) is 6.07 Å². The number of methoxy groups -OCH3 is 1. The molecule has 2 aromatic carbocycles. The van der Waals surface area contributed by atoms with E-state index in [-0.39, 0.29) is 11.8 Å². The van der Waals surface area contributed by atoms with Crippen LogP contribution in [0, 0.1) is 0 Å². The second-order valence-corrected chi connectivity index (χ2v) is 7.57. The lowest BCUT2D eigenvalue weighted by Crippen LogP contribution is -2.48. The first-order valence-corrected chi connectivity index (χ1v) is 10.4. The molecule has 1 saturated heterocycles. The number of rotatable bonds is 6. The van der Waals surface area contributed by atoms with E-state index in [0.29, 0.717) is 48.2 Å². The van der Waals surface area contributed by atoms with E-state index in [1.165, 1.54) is 0 Å². The highest BCUT2D eigenvalue weighted by atomic mass is 16.5. The van der Waals surface area contributed by atoms with Crippen LogP contribution < -0.4 is 19.7 Å². The predicted octanol–water partition coefficient (Wildman–Crippen LogP) is 2.39. The summed E-state index contributed by atoms with van der Waals surface area (Å²) >= 11 is 0. The number of nitrogens with one attached hydrogen (secondary N) is 1. The summed E-state index contributed by atoms with van der Waals surface area (Å²) in [5.41, 5.74) is 1.75. The molecule has 2 heterocycles. The lowest BCUT2D eigenvalue weighted by molar-refractivity contribution is -0.125. The van der Waals surface area contributed by atoms with E-state index in [4.69, 9.17) is 14.2 Å².